The van der Waals surface area contributed by atoms with Gasteiger partial charge in [0.25, 0.3) is 0 Å². The number of phosphoric acid groups is 1. The zero-order valence-corrected chi connectivity index (χ0v) is 18.5. The van der Waals surface area contributed by atoms with Gasteiger partial charge in [-0.2, -0.15) is 0 Å². The Hall–Kier alpha value is -2.25. The molecular formula is C18H20N5O7PS. The molecule has 3 aromatic rings. The second-order valence-corrected chi connectivity index (χ2v) is 9.57. The van der Waals surface area contributed by atoms with Crippen LogP contribution < -0.4 is 10.5 Å². The molecule has 5 unspecified atom stereocenters. The molecule has 2 fully saturated rings. The van der Waals surface area contributed by atoms with Crippen LogP contribution in [-0.4, -0.2) is 61.5 Å². The van der Waals surface area contributed by atoms with Gasteiger partial charge in [0.15, 0.2) is 28.4 Å². The lowest BCUT2D eigenvalue weighted by molar-refractivity contribution is -0.0684. The van der Waals surface area contributed by atoms with Gasteiger partial charge in [-0.15, -0.1) is 0 Å². The van der Waals surface area contributed by atoms with Crippen molar-refractivity contribution in [2.24, 2.45) is 0 Å². The van der Waals surface area contributed by atoms with Crippen LogP contribution in [0.3, 0.4) is 0 Å². The maximum Gasteiger partial charge on any atom is 0.472 e. The molecule has 5 rings (SSSR count). The predicted molar refractivity (Wildman–Crippen MR) is 113 cm³/mol. The summed E-state index contributed by atoms with van der Waals surface area (Å²) in [6.45, 7) is -0.190. The van der Waals surface area contributed by atoms with Gasteiger partial charge in [0.1, 0.15) is 30.4 Å². The SMILES string of the molecule is COc1ccc(CSc2nc3c(N)ncnc3n2C2OC3COP(=O)(O)OC3C2O)cc1. The summed E-state index contributed by atoms with van der Waals surface area (Å²) in [6, 6.07) is 7.60. The molecule has 2 aliphatic heterocycles. The first-order chi connectivity index (χ1) is 15.4. The fourth-order valence-corrected chi connectivity index (χ4v) is 5.59. The maximum absolute atomic E-state index is 11.8. The number of aliphatic hydroxyl groups is 1. The lowest BCUT2D eigenvalue weighted by Crippen LogP contribution is -2.39. The van der Waals surface area contributed by atoms with Gasteiger partial charge < -0.3 is 25.2 Å². The van der Waals surface area contributed by atoms with Crippen molar-refractivity contribution in [1.82, 2.24) is 19.5 Å². The van der Waals surface area contributed by atoms with Gasteiger partial charge in [0.05, 0.1) is 13.7 Å². The summed E-state index contributed by atoms with van der Waals surface area (Å²) in [7, 11) is -2.65. The molecule has 0 aliphatic carbocycles. The van der Waals surface area contributed by atoms with Crippen LogP contribution in [0.2, 0.25) is 0 Å². The fraction of sp³-hybridized carbons (Fsp3) is 0.389. The summed E-state index contributed by atoms with van der Waals surface area (Å²) in [4.78, 5) is 22.5. The van der Waals surface area contributed by atoms with E-state index in [-0.39, 0.29) is 12.4 Å². The molecule has 12 nitrogen and oxygen atoms in total. The summed E-state index contributed by atoms with van der Waals surface area (Å²) < 4.78 is 34.5. The van der Waals surface area contributed by atoms with E-state index in [0.29, 0.717) is 22.1 Å². The van der Waals surface area contributed by atoms with Crippen LogP contribution in [0.15, 0.2) is 35.7 Å². The highest BCUT2D eigenvalue weighted by Gasteiger charge is 2.53. The minimum Gasteiger partial charge on any atom is -0.497 e. The molecule has 0 saturated carbocycles. The third kappa shape index (κ3) is 3.86. The molecule has 4 heterocycles. The van der Waals surface area contributed by atoms with Crippen molar-refractivity contribution in [3.05, 3.63) is 36.2 Å². The van der Waals surface area contributed by atoms with Gasteiger partial charge >= 0.3 is 7.82 Å². The number of anilines is 1. The molecule has 2 aliphatic rings. The Balaban J connectivity index is 1.49. The number of nitrogen functional groups attached to an aromatic ring is 1. The quantitative estimate of drug-likeness (QED) is 0.356. The van der Waals surface area contributed by atoms with Crippen molar-refractivity contribution in [3.8, 4) is 5.75 Å². The van der Waals surface area contributed by atoms with Gasteiger partial charge in [-0.25, -0.2) is 19.5 Å². The van der Waals surface area contributed by atoms with Crippen molar-refractivity contribution < 1.29 is 33.1 Å². The molecule has 0 bridgehead atoms. The van der Waals surface area contributed by atoms with E-state index in [4.69, 9.17) is 24.3 Å². The van der Waals surface area contributed by atoms with Gasteiger partial charge in [-0.05, 0) is 17.7 Å². The summed E-state index contributed by atoms with van der Waals surface area (Å²) in [5, 5.41) is 11.4. The van der Waals surface area contributed by atoms with E-state index in [1.54, 1.807) is 11.7 Å². The Morgan fingerprint density at radius 3 is 2.88 bits per heavy atom. The lowest BCUT2D eigenvalue weighted by Gasteiger charge is -2.27. The van der Waals surface area contributed by atoms with Crippen LogP contribution in [0.25, 0.3) is 11.2 Å². The fourth-order valence-electron chi connectivity index (χ4n) is 3.66. The van der Waals surface area contributed by atoms with Crippen LogP contribution in [0, 0.1) is 0 Å². The molecule has 5 atom stereocenters. The average Bonchev–Trinajstić information content (AvgIpc) is 3.30. The Labute approximate surface area is 186 Å². The summed E-state index contributed by atoms with van der Waals surface area (Å²) in [5.41, 5.74) is 7.74. The number of benzene rings is 1. The zero-order valence-electron chi connectivity index (χ0n) is 16.8. The van der Waals surface area contributed by atoms with Crippen molar-refractivity contribution >= 4 is 36.6 Å². The number of imidazole rings is 1. The number of fused-ring (bicyclic) bond motifs is 2. The van der Waals surface area contributed by atoms with Gasteiger partial charge in [0.2, 0.25) is 0 Å². The predicted octanol–water partition coefficient (Wildman–Crippen LogP) is 1.48. The second-order valence-electron chi connectivity index (χ2n) is 7.22. The summed E-state index contributed by atoms with van der Waals surface area (Å²) >= 11 is 1.39. The molecule has 0 spiro atoms. The van der Waals surface area contributed by atoms with Crippen molar-refractivity contribution in [2.45, 2.75) is 35.4 Å². The third-order valence-electron chi connectivity index (χ3n) is 5.22. The molecule has 32 heavy (non-hydrogen) atoms. The number of hydrogen-bond donors (Lipinski definition) is 3. The van der Waals surface area contributed by atoms with Crippen LogP contribution in [0.4, 0.5) is 5.82 Å². The zero-order chi connectivity index (χ0) is 22.5. The maximum atomic E-state index is 11.8. The summed E-state index contributed by atoms with van der Waals surface area (Å²) in [5.74, 6) is 1.49. The van der Waals surface area contributed by atoms with Crippen LogP contribution in [-0.2, 0) is 24.1 Å². The number of nitrogens with zero attached hydrogens (tertiary/aromatic N) is 4. The highest BCUT2D eigenvalue weighted by molar-refractivity contribution is 7.98. The molecule has 0 radical (unpaired) electrons. The number of rotatable bonds is 5. The molecule has 170 valence electrons. The average molecular weight is 481 g/mol. The molecule has 4 N–H and O–H groups in total. The topological polar surface area (TPSA) is 164 Å². The Morgan fingerprint density at radius 2 is 2.12 bits per heavy atom. The van der Waals surface area contributed by atoms with Crippen LogP contribution in [0.5, 0.6) is 5.75 Å². The van der Waals surface area contributed by atoms with Crippen molar-refractivity contribution in [2.75, 3.05) is 19.5 Å². The minimum absolute atomic E-state index is 0.185. The van der Waals surface area contributed by atoms with Gasteiger partial charge in [-0.3, -0.25) is 13.6 Å². The van der Waals surface area contributed by atoms with Crippen molar-refractivity contribution in [1.29, 1.82) is 0 Å². The van der Waals surface area contributed by atoms with E-state index in [1.165, 1.54) is 18.1 Å². The molecule has 1 aromatic carbocycles. The molecule has 14 heteroatoms. The Kier molecular flexibility index (Phi) is 5.58. The van der Waals surface area contributed by atoms with Gasteiger partial charge in [0, 0.05) is 5.75 Å². The van der Waals surface area contributed by atoms with E-state index in [9.17, 15) is 14.6 Å². The van der Waals surface area contributed by atoms with Crippen LogP contribution >= 0.6 is 19.6 Å². The summed E-state index contributed by atoms with van der Waals surface area (Å²) in [6.07, 6.45) is -2.73. The van der Waals surface area contributed by atoms with Gasteiger partial charge in [-0.1, -0.05) is 23.9 Å². The number of ether oxygens (including phenoxy) is 2. The molecular weight excluding hydrogens is 461 g/mol. The van der Waals surface area contributed by atoms with E-state index in [0.717, 1.165) is 11.3 Å². The first kappa shape index (κ1) is 21.6. The number of thioether (sulfide) groups is 1. The van der Waals surface area contributed by atoms with Crippen molar-refractivity contribution in [3.63, 3.8) is 0 Å². The smallest absolute Gasteiger partial charge is 0.472 e. The van der Waals surface area contributed by atoms with E-state index in [1.807, 2.05) is 24.3 Å². The molecule has 0 amide bonds. The lowest BCUT2D eigenvalue weighted by atomic mass is 10.1. The largest absolute Gasteiger partial charge is 0.497 e. The number of phosphoric ester groups is 1. The van der Waals surface area contributed by atoms with E-state index in [2.05, 4.69) is 15.0 Å². The Bertz CT molecular complexity index is 1190. The first-order valence-corrected chi connectivity index (χ1v) is 12.1. The number of aromatic nitrogens is 4. The monoisotopic (exact) mass is 481 g/mol. The second kappa shape index (κ2) is 8.27. The highest BCUT2D eigenvalue weighted by Crippen LogP contribution is 2.53. The third-order valence-corrected chi connectivity index (χ3v) is 7.23. The number of aliphatic hydroxyl groups excluding tert-OH is 1. The van der Waals surface area contributed by atoms with E-state index >= 15 is 0 Å². The Morgan fingerprint density at radius 1 is 1.34 bits per heavy atom. The first-order valence-electron chi connectivity index (χ1n) is 9.59. The highest BCUT2D eigenvalue weighted by atomic mass is 32.2. The van der Waals surface area contributed by atoms with Crippen LogP contribution in [0.1, 0.15) is 11.8 Å². The standard InChI is InChI=1S/C18H20N5O7PS/c1-27-10-4-2-9(3-5-10)7-32-18-22-12-15(19)20-8-21-16(12)23(18)17-13(24)14-11(29-17)6-28-31(25,26)30-14/h2-5,8,11,13-14,17,24H,6-7H2,1H3,(H,25,26)(H2,19,20,21). The molecule has 2 aromatic heterocycles. The number of hydrogen-bond acceptors (Lipinski definition) is 11. The molecule has 2 saturated heterocycles. The number of methoxy groups -OCH3 is 1. The normalized spacial score (nSPS) is 29.8. The minimum atomic E-state index is -4.25. The number of nitrogens with two attached hydrogens (primary N) is 1. The van der Waals surface area contributed by atoms with E-state index < -0.39 is 32.4 Å².